The van der Waals surface area contributed by atoms with Gasteiger partial charge in [0, 0.05) is 24.7 Å². The van der Waals surface area contributed by atoms with E-state index in [1.807, 2.05) is 36.1 Å². The van der Waals surface area contributed by atoms with Gasteiger partial charge >= 0.3 is 0 Å². The summed E-state index contributed by atoms with van der Waals surface area (Å²) in [6, 6.07) is 7.85. The summed E-state index contributed by atoms with van der Waals surface area (Å²) >= 11 is 0. The van der Waals surface area contributed by atoms with E-state index in [1.165, 1.54) is 5.56 Å². The molecule has 1 amide bonds. The molecule has 1 heterocycles. The number of hydrogen-bond acceptors (Lipinski definition) is 2. The van der Waals surface area contributed by atoms with Gasteiger partial charge in [-0.25, -0.2) is 0 Å². The van der Waals surface area contributed by atoms with Crippen molar-refractivity contribution in [1.82, 2.24) is 4.90 Å². The van der Waals surface area contributed by atoms with Crippen molar-refractivity contribution in [3.8, 4) is 0 Å². The molecule has 0 bridgehead atoms. The van der Waals surface area contributed by atoms with Crippen LogP contribution in [-0.4, -0.2) is 29.9 Å². The molecule has 1 saturated heterocycles. The van der Waals surface area contributed by atoms with Crippen LogP contribution in [-0.2, 0) is 0 Å². The predicted molar refractivity (Wildman–Crippen MR) is 64.3 cm³/mol. The van der Waals surface area contributed by atoms with Gasteiger partial charge < -0.3 is 10.6 Å². The first-order chi connectivity index (χ1) is 7.66. The third-order valence-electron chi connectivity index (χ3n) is 3.04. The maximum Gasteiger partial charge on any atom is 0.253 e. The number of nitrogens with two attached hydrogens (primary N) is 1. The van der Waals surface area contributed by atoms with Gasteiger partial charge in [-0.2, -0.15) is 0 Å². The first-order valence-electron chi connectivity index (χ1n) is 5.78. The minimum atomic E-state index is 0.107. The lowest BCUT2D eigenvalue weighted by atomic mass is 10.0. The number of carbonyl (C=O) groups is 1. The Kier molecular flexibility index (Phi) is 3.25. The molecule has 1 aromatic carbocycles. The lowest BCUT2D eigenvalue weighted by Gasteiger charge is -2.30. The Balaban J connectivity index is 2.09. The first-order valence-corrected chi connectivity index (χ1v) is 5.78. The fourth-order valence-corrected chi connectivity index (χ4v) is 2.07. The van der Waals surface area contributed by atoms with E-state index in [0.29, 0.717) is 6.54 Å². The third kappa shape index (κ3) is 2.42. The van der Waals surface area contributed by atoms with Crippen LogP contribution in [0.1, 0.15) is 28.8 Å². The molecule has 0 aromatic heterocycles. The fraction of sp³-hybridized carbons (Fsp3) is 0.462. The molecule has 86 valence electrons. The lowest BCUT2D eigenvalue weighted by molar-refractivity contribution is 0.0709. The summed E-state index contributed by atoms with van der Waals surface area (Å²) in [6.07, 6.45) is 2.04. The maximum atomic E-state index is 12.1. The average Bonchev–Trinajstić information content (AvgIpc) is 2.29. The second-order valence-corrected chi connectivity index (χ2v) is 4.52. The van der Waals surface area contributed by atoms with E-state index in [-0.39, 0.29) is 11.9 Å². The Morgan fingerprint density at radius 3 is 2.69 bits per heavy atom. The van der Waals surface area contributed by atoms with Gasteiger partial charge in [-0.05, 0) is 31.9 Å². The number of aryl methyl sites for hydroxylation is 1. The Morgan fingerprint density at radius 1 is 1.38 bits per heavy atom. The Hall–Kier alpha value is -1.35. The van der Waals surface area contributed by atoms with Crippen molar-refractivity contribution in [3.05, 3.63) is 35.4 Å². The number of likely N-dealkylation sites (tertiary alicyclic amines) is 1. The number of piperidine rings is 1. The monoisotopic (exact) mass is 218 g/mol. The third-order valence-corrected chi connectivity index (χ3v) is 3.04. The van der Waals surface area contributed by atoms with E-state index >= 15 is 0 Å². The second kappa shape index (κ2) is 4.66. The van der Waals surface area contributed by atoms with Crippen molar-refractivity contribution in [3.63, 3.8) is 0 Å². The Labute approximate surface area is 96.2 Å². The predicted octanol–water partition coefficient (Wildman–Crippen LogP) is 1.56. The van der Waals surface area contributed by atoms with Gasteiger partial charge in [0.15, 0.2) is 0 Å². The molecule has 2 rings (SSSR count). The van der Waals surface area contributed by atoms with E-state index in [2.05, 4.69) is 0 Å². The number of benzene rings is 1. The van der Waals surface area contributed by atoms with E-state index in [9.17, 15) is 4.79 Å². The zero-order chi connectivity index (χ0) is 11.5. The smallest absolute Gasteiger partial charge is 0.253 e. The second-order valence-electron chi connectivity index (χ2n) is 4.52. The zero-order valence-electron chi connectivity index (χ0n) is 9.65. The summed E-state index contributed by atoms with van der Waals surface area (Å²) in [6.45, 7) is 3.54. The minimum Gasteiger partial charge on any atom is -0.337 e. The van der Waals surface area contributed by atoms with Gasteiger partial charge in [0.05, 0.1) is 0 Å². The molecule has 3 heteroatoms. The van der Waals surface area contributed by atoms with Crippen LogP contribution in [0.3, 0.4) is 0 Å². The number of hydrogen-bond donors (Lipinski definition) is 1. The molecule has 16 heavy (non-hydrogen) atoms. The van der Waals surface area contributed by atoms with Crippen molar-refractivity contribution in [2.24, 2.45) is 5.73 Å². The Morgan fingerprint density at radius 2 is 2.06 bits per heavy atom. The largest absolute Gasteiger partial charge is 0.337 e. The molecular weight excluding hydrogens is 200 g/mol. The van der Waals surface area contributed by atoms with Gasteiger partial charge in [-0.1, -0.05) is 17.7 Å². The highest BCUT2D eigenvalue weighted by molar-refractivity contribution is 5.94. The molecule has 1 atom stereocenters. The number of rotatable bonds is 1. The summed E-state index contributed by atoms with van der Waals surface area (Å²) < 4.78 is 0. The van der Waals surface area contributed by atoms with Crippen LogP contribution < -0.4 is 5.73 Å². The number of nitrogens with zero attached hydrogens (tertiary/aromatic N) is 1. The van der Waals surface area contributed by atoms with E-state index in [0.717, 1.165) is 24.9 Å². The van der Waals surface area contributed by atoms with Crippen molar-refractivity contribution < 1.29 is 4.79 Å². The SMILES string of the molecule is Cc1ccc(C(=O)N2CCC[C@H](N)C2)cc1. The van der Waals surface area contributed by atoms with Crippen molar-refractivity contribution in [2.75, 3.05) is 13.1 Å². The fourth-order valence-electron chi connectivity index (χ4n) is 2.07. The maximum absolute atomic E-state index is 12.1. The molecule has 1 fully saturated rings. The van der Waals surface area contributed by atoms with Crippen LogP contribution in [0.2, 0.25) is 0 Å². The molecule has 0 saturated carbocycles. The molecule has 0 unspecified atom stereocenters. The minimum absolute atomic E-state index is 0.107. The van der Waals surface area contributed by atoms with Gasteiger partial charge in [-0.3, -0.25) is 4.79 Å². The van der Waals surface area contributed by atoms with Crippen LogP contribution in [0.4, 0.5) is 0 Å². The molecule has 1 aliphatic rings. The van der Waals surface area contributed by atoms with Crippen LogP contribution in [0, 0.1) is 6.92 Å². The van der Waals surface area contributed by atoms with Crippen LogP contribution in [0.15, 0.2) is 24.3 Å². The molecule has 0 spiro atoms. The van der Waals surface area contributed by atoms with Crippen LogP contribution >= 0.6 is 0 Å². The zero-order valence-corrected chi connectivity index (χ0v) is 9.65. The summed E-state index contributed by atoms with van der Waals surface area (Å²) in [5.74, 6) is 0.107. The summed E-state index contributed by atoms with van der Waals surface area (Å²) in [5, 5.41) is 0. The molecular formula is C13H18N2O. The number of amides is 1. The van der Waals surface area contributed by atoms with Gasteiger partial charge in [0.25, 0.3) is 5.91 Å². The quantitative estimate of drug-likeness (QED) is 0.777. The molecule has 2 N–H and O–H groups in total. The summed E-state index contributed by atoms with van der Waals surface area (Å²) in [4.78, 5) is 14.0. The summed E-state index contributed by atoms with van der Waals surface area (Å²) in [7, 11) is 0. The van der Waals surface area contributed by atoms with Crippen molar-refractivity contribution in [2.45, 2.75) is 25.8 Å². The molecule has 3 nitrogen and oxygen atoms in total. The highest BCUT2D eigenvalue weighted by atomic mass is 16.2. The van der Waals surface area contributed by atoms with Crippen molar-refractivity contribution in [1.29, 1.82) is 0 Å². The molecule has 1 aliphatic heterocycles. The highest BCUT2D eigenvalue weighted by Gasteiger charge is 2.21. The van der Waals surface area contributed by atoms with E-state index in [4.69, 9.17) is 5.73 Å². The van der Waals surface area contributed by atoms with Crippen LogP contribution in [0.5, 0.6) is 0 Å². The highest BCUT2D eigenvalue weighted by Crippen LogP contribution is 2.13. The first kappa shape index (κ1) is 11.1. The molecule has 1 aromatic rings. The van der Waals surface area contributed by atoms with Crippen LogP contribution in [0.25, 0.3) is 0 Å². The Bertz CT molecular complexity index is 372. The van der Waals surface area contributed by atoms with E-state index in [1.54, 1.807) is 0 Å². The van der Waals surface area contributed by atoms with Gasteiger partial charge in [0.2, 0.25) is 0 Å². The van der Waals surface area contributed by atoms with Gasteiger partial charge in [-0.15, -0.1) is 0 Å². The normalized spacial score (nSPS) is 20.9. The lowest BCUT2D eigenvalue weighted by Crippen LogP contribution is -2.45. The van der Waals surface area contributed by atoms with E-state index < -0.39 is 0 Å². The molecule has 0 aliphatic carbocycles. The van der Waals surface area contributed by atoms with Gasteiger partial charge in [0.1, 0.15) is 0 Å². The summed E-state index contributed by atoms with van der Waals surface area (Å²) in [5.41, 5.74) is 7.81. The number of carbonyl (C=O) groups excluding carboxylic acids is 1. The van der Waals surface area contributed by atoms with Crippen molar-refractivity contribution >= 4 is 5.91 Å². The standard InChI is InChI=1S/C13H18N2O/c1-10-4-6-11(7-5-10)13(16)15-8-2-3-12(14)9-15/h4-7,12H,2-3,8-9,14H2,1H3/t12-/m0/s1. The average molecular weight is 218 g/mol. The topological polar surface area (TPSA) is 46.3 Å². The molecule has 0 radical (unpaired) electrons.